The van der Waals surface area contributed by atoms with Crippen LogP contribution in [-0.2, 0) is 24.1 Å². The SMILES string of the molecule is CCCCc1nc(Nc2cc3cn[nH]c3nc2OC)c2c3c(sc2n1)CC(C(=O)NC)CC3. The van der Waals surface area contributed by atoms with Gasteiger partial charge in [0, 0.05) is 29.6 Å². The van der Waals surface area contributed by atoms with Crippen molar-refractivity contribution in [1.29, 1.82) is 0 Å². The van der Waals surface area contributed by atoms with Gasteiger partial charge in [-0.2, -0.15) is 10.1 Å². The van der Waals surface area contributed by atoms with E-state index in [0.717, 1.165) is 71.5 Å². The summed E-state index contributed by atoms with van der Waals surface area (Å²) >= 11 is 1.68. The lowest BCUT2D eigenvalue weighted by Gasteiger charge is -2.21. The Labute approximate surface area is 195 Å². The number of carbonyl (C=O) groups is 1. The van der Waals surface area contributed by atoms with Crippen LogP contribution in [-0.4, -0.2) is 45.2 Å². The van der Waals surface area contributed by atoms with Gasteiger partial charge in [0.25, 0.3) is 0 Å². The van der Waals surface area contributed by atoms with Crippen molar-refractivity contribution in [3.63, 3.8) is 0 Å². The second-order valence-corrected chi connectivity index (χ2v) is 9.39. The summed E-state index contributed by atoms with van der Waals surface area (Å²) < 4.78 is 5.54. The monoisotopic (exact) mass is 465 g/mol. The lowest BCUT2D eigenvalue weighted by Crippen LogP contribution is -2.31. The van der Waals surface area contributed by atoms with Gasteiger partial charge in [0.15, 0.2) is 5.65 Å². The van der Waals surface area contributed by atoms with E-state index < -0.39 is 0 Å². The Hall–Kier alpha value is -3.27. The molecule has 4 aromatic rings. The summed E-state index contributed by atoms with van der Waals surface area (Å²) in [4.78, 5) is 28.8. The van der Waals surface area contributed by atoms with E-state index in [9.17, 15) is 4.79 Å². The number of thiophene rings is 1. The first-order valence-corrected chi connectivity index (χ1v) is 12.1. The van der Waals surface area contributed by atoms with E-state index in [1.54, 1.807) is 31.7 Å². The first-order chi connectivity index (χ1) is 16.1. The maximum Gasteiger partial charge on any atom is 0.239 e. The summed E-state index contributed by atoms with van der Waals surface area (Å²) in [6.45, 7) is 2.16. The number of hydrogen-bond donors (Lipinski definition) is 3. The van der Waals surface area contributed by atoms with E-state index >= 15 is 0 Å². The second-order valence-electron chi connectivity index (χ2n) is 8.31. The molecule has 1 atom stereocenters. The standard InChI is InChI=1S/C23H27N7O2S/c1-4-5-6-17-27-20(26-15-9-13-11-25-30-19(13)29-22(15)32-3)18-14-8-7-12(21(31)24-2)10-16(14)33-23(18)28-17/h9,11-12H,4-8,10H2,1-3H3,(H,24,31)(H,25,29,30)(H,26,27,28). The molecule has 5 rings (SSSR count). The van der Waals surface area contributed by atoms with Crippen LogP contribution >= 0.6 is 11.3 Å². The molecule has 0 aromatic carbocycles. The number of aromatic amines is 1. The summed E-state index contributed by atoms with van der Waals surface area (Å²) in [6.07, 6.45) is 7.05. The molecule has 4 heterocycles. The molecule has 0 spiro atoms. The van der Waals surface area contributed by atoms with Crippen molar-refractivity contribution in [2.75, 3.05) is 19.5 Å². The van der Waals surface area contributed by atoms with Gasteiger partial charge in [-0.05, 0) is 37.3 Å². The summed E-state index contributed by atoms with van der Waals surface area (Å²) in [5.41, 5.74) is 2.64. The van der Waals surface area contributed by atoms with Crippen LogP contribution in [0.5, 0.6) is 5.88 Å². The summed E-state index contributed by atoms with van der Waals surface area (Å²) in [5.74, 6) is 2.18. The molecular formula is C23H27N7O2S. The van der Waals surface area contributed by atoms with Crippen LogP contribution in [0.2, 0.25) is 0 Å². The van der Waals surface area contributed by atoms with E-state index in [2.05, 4.69) is 32.7 Å². The third-order valence-corrected chi connectivity index (χ3v) is 7.31. The third-order valence-electron chi connectivity index (χ3n) is 6.16. The summed E-state index contributed by atoms with van der Waals surface area (Å²) in [5, 5.41) is 15.2. The minimum absolute atomic E-state index is 0.00674. The van der Waals surface area contributed by atoms with Crippen molar-refractivity contribution in [1.82, 2.24) is 30.5 Å². The average Bonchev–Trinajstić information content (AvgIpc) is 3.44. The quantitative estimate of drug-likeness (QED) is 0.379. The normalized spacial score (nSPS) is 15.5. The molecule has 1 aliphatic carbocycles. The van der Waals surface area contributed by atoms with Crippen molar-refractivity contribution in [3.05, 3.63) is 28.5 Å². The average molecular weight is 466 g/mol. The Bertz CT molecular complexity index is 1330. The van der Waals surface area contributed by atoms with Crippen molar-refractivity contribution in [3.8, 4) is 5.88 Å². The van der Waals surface area contributed by atoms with Crippen molar-refractivity contribution in [2.24, 2.45) is 5.92 Å². The zero-order valence-corrected chi connectivity index (χ0v) is 19.8. The highest BCUT2D eigenvalue weighted by atomic mass is 32.1. The third kappa shape index (κ3) is 3.99. The number of H-pyrrole nitrogens is 1. The molecule has 1 amide bonds. The van der Waals surface area contributed by atoms with Gasteiger partial charge in [-0.15, -0.1) is 11.3 Å². The number of hydrogen-bond acceptors (Lipinski definition) is 8. The molecule has 4 aromatic heterocycles. The molecule has 3 N–H and O–H groups in total. The van der Waals surface area contributed by atoms with Crippen LogP contribution in [0.1, 0.15) is 42.5 Å². The molecule has 0 saturated carbocycles. The number of anilines is 2. The lowest BCUT2D eigenvalue weighted by molar-refractivity contribution is -0.124. The number of amides is 1. The van der Waals surface area contributed by atoms with Gasteiger partial charge >= 0.3 is 0 Å². The molecule has 10 heteroatoms. The van der Waals surface area contributed by atoms with Gasteiger partial charge in [-0.25, -0.2) is 9.97 Å². The molecule has 9 nitrogen and oxygen atoms in total. The zero-order valence-electron chi connectivity index (χ0n) is 19.0. The smallest absolute Gasteiger partial charge is 0.239 e. The van der Waals surface area contributed by atoms with Gasteiger partial charge in [0.2, 0.25) is 11.8 Å². The minimum Gasteiger partial charge on any atom is -0.479 e. The first-order valence-electron chi connectivity index (χ1n) is 11.3. The fourth-order valence-electron chi connectivity index (χ4n) is 4.42. The Morgan fingerprint density at radius 1 is 1.33 bits per heavy atom. The fourth-order valence-corrected chi connectivity index (χ4v) is 5.74. The van der Waals surface area contributed by atoms with Gasteiger partial charge in [-0.1, -0.05) is 13.3 Å². The molecule has 1 unspecified atom stereocenters. The van der Waals surface area contributed by atoms with E-state index in [1.165, 1.54) is 10.4 Å². The molecule has 33 heavy (non-hydrogen) atoms. The van der Waals surface area contributed by atoms with Gasteiger partial charge in [-0.3, -0.25) is 9.89 Å². The van der Waals surface area contributed by atoms with Crippen molar-refractivity contribution in [2.45, 2.75) is 45.4 Å². The summed E-state index contributed by atoms with van der Waals surface area (Å²) in [7, 11) is 3.30. The Morgan fingerprint density at radius 2 is 2.21 bits per heavy atom. The molecule has 172 valence electrons. The van der Waals surface area contributed by atoms with Crippen LogP contribution in [0.15, 0.2) is 12.3 Å². The van der Waals surface area contributed by atoms with Crippen molar-refractivity contribution < 1.29 is 9.53 Å². The Morgan fingerprint density at radius 3 is 3.00 bits per heavy atom. The number of pyridine rings is 1. The number of aryl methyl sites for hydroxylation is 2. The lowest BCUT2D eigenvalue weighted by atomic mass is 9.87. The largest absolute Gasteiger partial charge is 0.479 e. The van der Waals surface area contributed by atoms with Crippen LogP contribution in [0, 0.1) is 5.92 Å². The molecule has 0 radical (unpaired) electrons. The highest BCUT2D eigenvalue weighted by molar-refractivity contribution is 7.19. The predicted molar refractivity (Wildman–Crippen MR) is 129 cm³/mol. The molecule has 0 bridgehead atoms. The van der Waals surface area contributed by atoms with E-state index in [1.807, 2.05) is 6.07 Å². The molecule has 1 aliphatic rings. The maximum atomic E-state index is 12.3. The maximum absolute atomic E-state index is 12.3. The van der Waals surface area contributed by atoms with Crippen LogP contribution in [0.4, 0.5) is 11.5 Å². The highest BCUT2D eigenvalue weighted by Crippen LogP contribution is 2.41. The number of unbranched alkanes of at least 4 members (excludes halogenated alkanes) is 1. The summed E-state index contributed by atoms with van der Waals surface area (Å²) in [6, 6.07) is 1.96. The number of methoxy groups -OCH3 is 1. The predicted octanol–water partition coefficient (Wildman–Crippen LogP) is 3.91. The molecule has 0 saturated heterocycles. The van der Waals surface area contributed by atoms with E-state index in [4.69, 9.17) is 14.7 Å². The second kappa shape index (κ2) is 8.93. The number of nitrogens with one attached hydrogen (secondary N) is 3. The highest BCUT2D eigenvalue weighted by Gasteiger charge is 2.29. The fraction of sp³-hybridized carbons (Fsp3) is 0.435. The number of fused-ring (bicyclic) bond motifs is 4. The molecular weight excluding hydrogens is 438 g/mol. The number of nitrogens with zero attached hydrogens (tertiary/aromatic N) is 4. The van der Waals surface area contributed by atoms with Crippen LogP contribution < -0.4 is 15.4 Å². The molecule has 0 aliphatic heterocycles. The first kappa shape index (κ1) is 21.6. The minimum atomic E-state index is 0.00674. The Balaban J connectivity index is 1.61. The van der Waals surface area contributed by atoms with E-state index in [0.29, 0.717) is 11.5 Å². The zero-order chi connectivity index (χ0) is 22.9. The number of rotatable bonds is 7. The molecule has 0 fully saturated rings. The van der Waals surface area contributed by atoms with Gasteiger partial charge in [0.05, 0.1) is 18.7 Å². The van der Waals surface area contributed by atoms with Crippen LogP contribution in [0.25, 0.3) is 21.3 Å². The number of aromatic nitrogens is 5. The number of ether oxygens (including phenoxy) is 1. The van der Waals surface area contributed by atoms with Crippen molar-refractivity contribution >= 4 is 50.0 Å². The van der Waals surface area contributed by atoms with E-state index in [-0.39, 0.29) is 11.8 Å². The van der Waals surface area contributed by atoms with Gasteiger partial charge < -0.3 is 15.4 Å². The van der Waals surface area contributed by atoms with Crippen LogP contribution in [0.3, 0.4) is 0 Å². The number of carbonyl (C=O) groups excluding carboxylic acids is 1. The van der Waals surface area contributed by atoms with Gasteiger partial charge in [0.1, 0.15) is 22.2 Å². The Kier molecular flexibility index (Phi) is 5.84. The topological polar surface area (TPSA) is 118 Å².